The zero-order valence-corrected chi connectivity index (χ0v) is 13.1. The van der Waals surface area contributed by atoms with Gasteiger partial charge in [0.15, 0.2) is 9.84 Å². The van der Waals surface area contributed by atoms with Gasteiger partial charge in [0, 0.05) is 11.9 Å². The lowest BCUT2D eigenvalue weighted by atomic mass is 10.4. The summed E-state index contributed by atoms with van der Waals surface area (Å²) in [6.07, 6.45) is -0.673. The summed E-state index contributed by atoms with van der Waals surface area (Å²) in [5, 5.41) is 0.469. The van der Waals surface area contributed by atoms with E-state index in [0.717, 1.165) is 0 Å². The van der Waals surface area contributed by atoms with E-state index >= 15 is 0 Å². The smallest absolute Gasteiger partial charge is 0.302 e. The number of carbonyl (C=O) groups excluding carboxylic acids is 1. The third kappa shape index (κ3) is 6.59. The molecule has 0 aliphatic heterocycles. The van der Waals surface area contributed by atoms with Gasteiger partial charge in [-0.2, -0.15) is 0 Å². The number of hydrogen-bond donors (Lipinski definition) is 0. The van der Waals surface area contributed by atoms with Crippen LogP contribution in [0.25, 0.3) is 0 Å². The predicted molar refractivity (Wildman–Crippen MR) is 76.1 cm³/mol. The summed E-state index contributed by atoms with van der Waals surface area (Å²) < 4.78 is 28.6. The minimum Gasteiger partial charge on any atom is -0.462 e. The Morgan fingerprint density at radius 1 is 1.26 bits per heavy atom. The van der Waals surface area contributed by atoms with Crippen LogP contribution in [0.1, 0.15) is 27.7 Å². The Morgan fingerprint density at radius 2 is 1.74 bits per heavy atom. The molecule has 0 aliphatic carbocycles. The molecule has 0 bridgehead atoms. The van der Waals surface area contributed by atoms with Gasteiger partial charge in [0.05, 0.1) is 10.6 Å². The molecule has 0 saturated carbocycles. The summed E-state index contributed by atoms with van der Waals surface area (Å²) >= 11 is 5.67. The molecule has 6 heteroatoms. The fourth-order valence-electron chi connectivity index (χ4n) is 1.36. The highest BCUT2D eigenvalue weighted by molar-refractivity contribution is 7.91. The first-order valence-corrected chi connectivity index (χ1v) is 8.00. The molecule has 0 N–H and O–H groups in total. The standard InChI is InChI=1S/C11H13ClO4S.C2H6/c1-8(16-9(2)13)7-17(14,15)11-5-3-10(12)4-6-11;1-2/h3-6,8H,7H2,1-2H3;1-2H3. The average Bonchev–Trinajstić information content (AvgIpc) is 2.30. The van der Waals surface area contributed by atoms with Gasteiger partial charge in [0.2, 0.25) is 0 Å². The number of hydrogen-bond acceptors (Lipinski definition) is 4. The van der Waals surface area contributed by atoms with E-state index < -0.39 is 21.9 Å². The highest BCUT2D eigenvalue weighted by atomic mass is 35.5. The van der Waals surface area contributed by atoms with Crippen molar-refractivity contribution in [1.82, 2.24) is 0 Å². The van der Waals surface area contributed by atoms with E-state index in [9.17, 15) is 13.2 Å². The quantitative estimate of drug-likeness (QED) is 0.802. The van der Waals surface area contributed by atoms with Crippen LogP contribution >= 0.6 is 11.6 Å². The van der Waals surface area contributed by atoms with Crippen molar-refractivity contribution in [1.29, 1.82) is 0 Å². The lowest BCUT2D eigenvalue weighted by Gasteiger charge is -2.12. The van der Waals surface area contributed by atoms with Crippen LogP contribution in [0.3, 0.4) is 0 Å². The van der Waals surface area contributed by atoms with Crippen molar-refractivity contribution in [3.63, 3.8) is 0 Å². The summed E-state index contributed by atoms with van der Waals surface area (Å²) in [6.45, 7) is 6.78. The van der Waals surface area contributed by atoms with Gasteiger partial charge in [-0.15, -0.1) is 0 Å². The van der Waals surface area contributed by atoms with Crippen molar-refractivity contribution in [2.45, 2.75) is 38.7 Å². The molecule has 0 heterocycles. The zero-order chi connectivity index (χ0) is 15.1. The number of esters is 1. The first-order chi connectivity index (χ1) is 8.81. The fraction of sp³-hybridized carbons (Fsp3) is 0.462. The highest BCUT2D eigenvalue weighted by Gasteiger charge is 2.20. The summed E-state index contributed by atoms with van der Waals surface area (Å²) in [5.74, 6) is -0.738. The third-order valence-corrected chi connectivity index (χ3v) is 4.14. The number of carbonyl (C=O) groups is 1. The molecule has 0 saturated heterocycles. The van der Waals surface area contributed by atoms with E-state index in [0.29, 0.717) is 5.02 Å². The van der Waals surface area contributed by atoms with Crippen LogP contribution in [0.15, 0.2) is 29.2 Å². The van der Waals surface area contributed by atoms with Crippen LogP contribution in [0.2, 0.25) is 5.02 Å². The SMILES string of the molecule is CC.CC(=O)OC(C)CS(=O)(=O)c1ccc(Cl)cc1. The molecule has 0 fully saturated rings. The molecule has 108 valence electrons. The van der Waals surface area contributed by atoms with Gasteiger partial charge >= 0.3 is 5.97 Å². The van der Waals surface area contributed by atoms with Crippen LogP contribution in [-0.4, -0.2) is 26.2 Å². The molecule has 0 amide bonds. The molecule has 0 spiro atoms. The molecular weight excluding hydrogens is 288 g/mol. The maximum absolute atomic E-state index is 11.9. The Kier molecular flexibility index (Phi) is 7.71. The summed E-state index contributed by atoms with van der Waals surface area (Å²) in [6, 6.07) is 5.87. The second-order valence-corrected chi connectivity index (χ2v) is 6.13. The van der Waals surface area contributed by atoms with Gasteiger partial charge in [-0.05, 0) is 31.2 Å². The average molecular weight is 307 g/mol. The van der Waals surface area contributed by atoms with E-state index in [2.05, 4.69) is 0 Å². The maximum Gasteiger partial charge on any atom is 0.302 e. The van der Waals surface area contributed by atoms with E-state index in [1.807, 2.05) is 13.8 Å². The van der Waals surface area contributed by atoms with E-state index in [4.69, 9.17) is 16.3 Å². The normalized spacial score (nSPS) is 12.1. The zero-order valence-electron chi connectivity index (χ0n) is 11.5. The molecule has 0 aromatic heterocycles. The Labute approximate surface area is 119 Å². The number of halogens is 1. The van der Waals surface area contributed by atoms with Crippen LogP contribution in [0.4, 0.5) is 0 Å². The molecule has 19 heavy (non-hydrogen) atoms. The van der Waals surface area contributed by atoms with Gasteiger partial charge in [-0.25, -0.2) is 8.42 Å². The first-order valence-electron chi connectivity index (χ1n) is 5.97. The van der Waals surface area contributed by atoms with Crippen LogP contribution in [0, 0.1) is 0 Å². The lowest BCUT2D eigenvalue weighted by molar-refractivity contribution is -0.144. The second kappa shape index (κ2) is 8.17. The minimum atomic E-state index is -3.46. The second-order valence-electron chi connectivity index (χ2n) is 3.66. The highest BCUT2D eigenvalue weighted by Crippen LogP contribution is 2.16. The Morgan fingerprint density at radius 3 is 2.16 bits per heavy atom. The van der Waals surface area contributed by atoms with Gasteiger partial charge in [-0.1, -0.05) is 25.4 Å². The molecule has 1 unspecified atom stereocenters. The van der Waals surface area contributed by atoms with Crippen LogP contribution < -0.4 is 0 Å². The van der Waals surface area contributed by atoms with E-state index in [-0.39, 0.29) is 10.6 Å². The molecule has 0 radical (unpaired) electrons. The van der Waals surface area contributed by atoms with Crippen molar-refractivity contribution in [3.8, 4) is 0 Å². The Bertz CT molecular complexity index is 494. The van der Waals surface area contributed by atoms with Crippen molar-refractivity contribution in [2.24, 2.45) is 0 Å². The number of ether oxygens (including phenoxy) is 1. The summed E-state index contributed by atoms with van der Waals surface area (Å²) in [4.78, 5) is 10.9. The topological polar surface area (TPSA) is 60.4 Å². The van der Waals surface area contributed by atoms with Crippen molar-refractivity contribution >= 4 is 27.4 Å². The van der Waals surface area contributed by atoms with Gasteiger partial charge in [0.25, 0.3) is 0 Å². The van der Waals surface area contributed by atoms with E-state index in [1.165, 1.54) is 38.1 Å². The molecule has 1 rings (SSSR count). The lowest BCUT2D eigenvalue weighted by Crippen LogP contribution is -2.23. The number of rotatable bonds is 4. The largest absolute Gasteiger partial charge is 0.462 e. The minimum absolute atomic E-state index is 0.168. The van der Waals surface area contributed by atoms with Crippen molar-refractivity contribution in [2.75, 3.05) is 5.75 Å². The van der Waals surface area contributed by atoms with Crippen LogP contribution in [0.5, 0.6) is 0 Å². The summed E-state index contributed by atoms with van der Waals surface area (Å²) in [7, 11) is -3.46. The van der Waals surface area contributed by atoms with Crippen LogP contribution in [-0.2, 0) is 19.4 Å². The Hall–Kier alpha value is -1.07. The number of benzene rings is 1. The van der Waals surface area contributed by atoms with Gasteiger partial charge < -0.3 is 4.74 Å². The Balaban J connectivity index is 0.00000154. The molecule has 1 atom stereocenters. The monoisotopic (exact) mass is 306 g/mol. The summed E-state index contributed by atoms with van der Waals surface area (Å²) in [5.41, 5.74) is 0. The van der Waals surface area contributed by atoms with E-state index in [1.54, 1.807) is 0 Å². The van der Waals surface area contributed by atoms with Crippen molar-refractivity contribution in [3.05, 3.63) is 29.3 Å². The van der Waals surface area contributed by atoms with Crippen molar-refractivity contribution < 1.29 is 17.9 Å². The molecule has 4 nitrogen and oxygen atoms in total. The predicted octanol–water partition coefficient (Wildman–Crippen LogP) is 3.09. The first kappa shape index (κ1) is 17.9. The maximum atomic E-state index is 11.9. The van der Waals surface area contributed by atoms with Gasteiger partial charge in [0.1, 0.15) is 6.10 Å². The number of sulfone groups is 1. The molecule has 0 aliphatic rings. The molecular formula is C13H19ClO4S. The third-order valence-electron chi connectivity index (χ3n) is 1.99. The molecule has 1 aromatic rings. The molecule has 1 aromatic carbocycles. The van der Waals surface area contributed by atoms with Gasteiger partial charge in [-0.3, -0.25) is 4.79 Å². The fourth-order valence-corrected chi connectivity index (χ4v) is 2.92.